The fourth-order valence-electron chi connectivity index (χ4n) is 2.56. The first-order valence-electron chi connectivity index (χ1n) is 7.95. The second-order valence-corrected chi connectivity index (χ2v) is 8.44. The topological polar surface area (TPSA) is 149 Å². The van der Waals surface area contributed by atoms with Gasteiger partial charge in [0.1, 0.15) is 36.0 Å². The molecule has 1 saturated heterocycles. The molecule has 1 aliphatic rings. The van der Waals surface area contributed by atoms with Gasteiger partial charge < -0.3 is 34.4 Å². The highest BCUT2D eigenvalue weighted by molar-refractivity contribution is 7.58. The summed E-state index contributed by atoms with van der Waals surface area (Å²) < 4.78 is 27.8. The molecule has 26 heavy (non-hydrogen) atoms. The Balaban J connectivity index is 2.04. The van der Waals surface area contributed by atoms with Gasteiger partial charge in [-0.15, -0.1) is 0 Å². The van der Waals surface area contributed by atoms with Gasteiger partial charge in [0.25, 0.3) is 0 Å². The van der Waals surface area contributed by atoms with Gasteiger partial charge in [0.05, 0.1) is 19.3 Å². The quantitative estimate of drug-likeness (QED) is 0.477. The number of benzene rings is 1. The Hall–Kier alpha value is -1.66. The minimum absolute atomic E-state index is 0.0805. The Kier molecular flexibility index (Phi) is 7.01. The third kappa shape index (κ3) is 5.17. The fraction of sp³-hybridized carbons (Fsp3) is 0.562. The second kappa shape index (κ2) is 8.82. The van der Waals surface area contributed by atoms with Gasteiger partial charge in [0.15, 0.2) is 0 Å². The van der Waals surface area contributed by atoms with Crippen molar-refractivity contribution in [2.45, 2.75) is 37.1 Å². The van der Waals surface area contributed by atoms with Crippen molar-refractivity contribution in [1.29, 1.82) is 5.26 Å². The summed E-state index contributed by atoms with van der Waals surface area (Å²) in [7, 11) is -2.15. The summed E-state index contributed by atoms with van der Waals surface area (Å²) in [5.74, 6) is 0.946. The van der Waals surface area contributed by atoms with Crippen molar-refractivity contribution in [3.63, 3.8) is 0 Å². The Morgan fingerprint density at radius 1 is 1.15 bits per heavy atom. The van der Waals surface area contributed by atoms with Gasteiger partial charge in [-0.25, -0.2) is 0 Å². The van der Waals surface area contributed by atoms with E-state index in [0.717, 1.165) is 0 Å². The van der Waals surface area contributed by atoms with Crippen LogP contribution in [-0.4, -0.2) is 70.4 Å². The van der Waals surface area contributed by atoms with E-state index in [1.54, 1.807) is 30.3 Å². The first kappa shape index (κ1) is 20.6. The van der Waals surface area contributed by atoms with Crippen LogP contribution in [0.5, 0.6) is 11.5 Å². The number of nitriles is 1. The Bertz CT molecular complexity index is 676. The maximum atomic E-state index is 11.8. The standard InChI is InChI=1S/C16H22NO8P/c1-23-10-2-4-11(5-3-10)24-16-15(20)14(19)13(18)12(25-16)6-8-26(21,22)9-7-17/h2-5,12-16,18-20H,6,8-9H2,1H3,(H,21,22)/t12-,13-,14+,15+,16?/m1/s1. The van der Waals surface area contributed by atoms with Gasteiger partial charge in [-0.2, -0.15) is 5.26 Å². The monoisotopic (exact) mass is 387 g/mol. The molecular formula is C16H22NO8P. The average Bonchev–Trinajstić information content (AvgIpc) is 2.61. The zero-order valence-electron chi connectivity index (χ0n) is 14.1. The van der Waals surface area contributed by atoms with Crippen molar-refractivity contribution < 1.29 is 39.0 Å². The van der Waals surface area contributed by atoms with E-state index in [-0.39, 0.29) is 12.6 Å². The SMILES string of the molecule is COc1ccc(OC2O[C@H](CCP(=O)(O)CC#N)[C@@H](O)[C@H](O)[C@@H]2O)cc1. The Labute approximate surface area is 150 Å². The molecule has 144 valence electrons. The normalized spacial score (nSPS) is 30.8. The lowest BCUT2D eigenvalue weighted by Crippen LogP contribution is -2.59. The van der Waals surface area contributed by atoms with E-state index in [4.69, 9.17) is 19.5 Å². The van der Waals surface area contributed by atoms with Gasteiger partial charge in [-0.1, -0.05) is 0 Å². The summed E-state index contributed by atoms with van der Waals surface area (Å²) in [5.41, 5.74) is 0. The van der Waals surface area contributed by atoms with Crippen LogP contribution in [0.15, 0.2) is 24.3 Å². The maximum absolute atomic E-state index is 11.8. The molecule has 9 nitrogen and oxygen atoms in total. The van der Waals surface area contributed by atoms with Crippen molar-refractivity contribution in [3.05, 3.63) is 24.3 Å². The van der Waals surface area contributed by atoms with Gasteiger partial charge in [-0.05, 0) is 30.7 Å². The molecule has 0 bridgehead atoms. The highest BCUT2D eigenvalue weighted by Gasteiger charge is 2.45. The zero-order chi connectivity index (χ0) is 19.3. The summed E-state index contributed by atoms with van der Waals surface area (Å²) in [6.45, 7) is 0. The fourth-order valence-corrected chi connectivity index (χ4v) is 3.60. The van der Waals surface area contributed by atoms with Crippen molar-refractivity contribution in [3.8, 4) is 17.6 Å². The number of aliphatic hydroxyl groups excluding tert-OH is 3. The molecule has 10 heteroatoms. The van der Waals surface area contributed by atoms with Crippen LogP contribution in [-0.2, 0) is 9.30 Å². The molecule has 1 aromatic carbocycles. The van der Waals surface area contributed by atoms with Crippen LogP contribution >= 0.6 is 7.37 Å². The first-order chi connectivity index (χ1) is 12.3. The molecule has 1 heterocycles. The van der Waals surface area contributed by atoms with Gasteiger partial charge in [0, 0.05) is 6.16 Å². The lowest BCUT2D eigenvalue weighted by molar-refractivity contribution is -0.272. The molecule has 0 radical (unpaired) electrons. The van der Waals surface area contributed by atoms with Crippen LogP contribution in [0, 0.1) is 11.3 Å². The lowest BCUT2D eigenvalue weighted by Gasteiger charge is -2.40. The molecule has 4 N–H and O–H groups in total. The minimum atomic E-state index is -3.67. The van der Waals surface area contributed by atoms with E-state index in [0.29, 0.717) is 11.5 Å². The number of rotatable bonds is 7. The van der Waals surface area contributed by atoms with E-state index in [2.05, 4.69) is 0 Å². The third-order valence-electron chi connectivity index (χ3n) is 4.06. The largest absolute Gasteiger partial charge is 0.497 e. The minimum Gasteiger partial charge on any atom is -0.497 e. The molecule has 1 fully saturated rings. The van der Waals surface area contributed by atoms with Crippen LogP contribution in [0.1, 0.15) is 6.42 Å². The van der Waals surface area contributed by atoms with Crippen LogP contribution in [0.3, 0.4) is 0 Å². The van der Waals surface area contributed by atoms with E-state index in [1.165, 1.54) is 7.11 Å². The van der Waals surface area contributed by atoms with Gasteiger partial charge in [0.2, 0.25) is 13.7 Å². The highest BCUT2D eigenvalue weighted by atomic mass is 31.2. The lowest BCUT2D eigenvalue weighted by atomic mass is 9.97. The summed E-state index contributed by atoms with van der Waals surface area (Å²) in [6.07, 6.45) is -7.68. The molecule has 2 rings (SSSR count). The number of ether oxygens (including phenoxy) is 3. The van der Waals surface area contributed by atoms with Crippen molar-refractivity contribution in [2.75, 3.05) is 19.4 Å². The van der Waals surface area contributed by atoms with Crippen molar-refractivity contribution >= 4 is 7.37 Å². The summed E-state index contributed by atoms with van der Waals surface area (Å²) in [6, 6.07) is 8.06. The summed E-state index contributed by atoms with van der Waals surface area (Å²) in [5, 5.41) is 38.7. The van der Waals surface area contributed by atoms with Crippen LogP contribution in [0.25, 0.3) is 0 Å². The van der Waals surface area contributed by atoms with Gasteiger partial charge in [-0.3, -0.25) is 4.57 Å². The molecule has 0 spiro atoms. The maximum Gasteiger partial charge on any atom is 0.229 e. The van der Waals surface area contributed by atoms with E-state index in [9.17, 15) is 24.8 Å². The molecule has 1 aromatic rings. The van der Waals surface area contributed by atoms with Crippen LogP contribution in [0.4, 0.5) is 0 Å². The first-order valence-corrected chi connectivity index (χ1v) is 9.98. The van der Waals surface area contributed by atoms with E-state index in [1.807, 2.05) is 0 Å². The summed E-state index contributed by atoms with van der Waals surface area (Å²) >= 11 is 0. The Morgan fingerprint density at radius 2 is 1.77 bits per heavy atom. The molecule has 2 unspecified atom stereocenters. The highest BCUT2D eigenvalue weighted by Crippen LogP contribution is 2.41. The third-order valence-corrected chi connectivity index (χ3v) is 5.65. The molecule has 0 aromatic heterocycles. The zero-order valence-corrected chi connectivity index (χ0v) is 15.0. The van der Waals surface area contributed by atoms with E-state index < -0.39 is 44.2 Å². The number of hydrogen-bond donors (Lipinski definition) is 4. The molecule has 0 aliphatic carbocycles. The van der Waals surface area contributed by atoms with Gasteiger partial charge >= 0.3 is 0 Å². The number of aliphatic hydroxyl groups is 3. The van der Waals surface area contributed by atoms with Crippen molar-refractivity contribution in [1.82, 2.24) is 0 Å². The van der Waals surface area contributed by atoms with Crippen molar-refractivity contribution in [2.24, 2.45) is 0 Å². The molecule has 1 aliphatic heterocycles. The molecule has 0 amide bonds. The average molecular weight is 387 g/mol. The number of nitrogens with zero attached hydrogens (tertiary/aromatic N) is 1. The number of methoxy groups -OCH3 is 1. The molecule has 0 saturated carbocycles. The smallest absolute Gasteiger partial charge is 0.229 e. The molecule has 6 atom stereocenters. The molecular weight excluding hydrogens is 365 g/mol. The van der Waals surface area contributed by atoms with E-state index >= 15 is 0 Å². The predicted octanol–water partition coefficient (Wildman–Crippen LogP) is 0.0657. The predicted molar refractivity (Wildman–Crippen MR) is 90.1 cm³/mol. The second-order valence-electron chi connectivity index (χ2n) is 5.98. The number of hydrogen-bond acceptors (Lipinski definition) is 8. The van der Waals surface area contributed by atoms with Crippen LogP contribution in [0.2, 0.25) is 0 Å². The summed E-state index contributed by atoms with van der Waals surface area (Å²) in [4.78, 5) is 9.64. The van der Waals surface area contributed by atoms with Crippen LogP contribution < -0.4 is 9.47 Å². The Morgan fingerprint density at radius 3 is 2.35 bits per heavy atom.